The van der Waals surface area contributed by atoms with Crippen LogP contribution in [-0.2, 0) is 11.2 Å². The molecule has 2 aromatic carbocycles. The molecule has 2 heteroatoms. The van der Waals surface area contributed by atoms with Crippen LogP contribution < -0.4 is 0 Å². The first-order valence-electron chi connectivity index (χ1n) is 7.69. The summed E-state index contributed by atoms with van der Waals surface area (Å²) in [6.07, 6.45) is 1.16. The summed E-state index contributed by atoms with van der Waals surface area (Å²) in [6, 6.07) is 18.1. The fraction of sp³-hybridized carbons (Fsp3) is 0.368. The Kier molecular flexibility index (Phi) is 5.97. The van der Waals surface area contributed by atoms with Gasteiger partial charge in [0.15, 0.2) is 0 Å². The average molecular weight is 284 g/mol. The van der Waals surface area contributed by atoms with Crippen molar-refractivity contribution in [2.24, 2.45) is 0 Å². The van der Waals surface area contributed by atoms with E-state index < -0.39 is 6.10 Å². The van der Waals surface area contributed by atoms with Crippen LogP contribution in [0.3, 0.4) is 0 Å². The van der Waals surface area contributed by atoms with Gasteiger partial charge in [0, 0.05) is 6.61 Å². The van der Waals surface area contributed by atoms with Gasteiger partial charge >= 0.3 is 0 Å². The van der Waals surface area contributed by atoms with Crippen molar-refractivity contribution in [1.29, 1.82) is 0 Å². The summed E-state index contributed by atoms with van der Waals surface area (Å²) >= 11 is 0. The Balaban J connectivity index is 2.26. The molecule has 2 rings (SSSR count). The van der Waals surface area contributed by atoms with Crippen molar-refractivity contribution in [2.45, 2.75) is 38.9 Å². The molecule has 0 aliphatic rings. The second-order valence-electron chi connectivity index (χ2n) is 5.23. The van der Waals surface area contributed by atoms with Gasteiger partial charge in [-0.15, -0.1) is 0 Å². The van der Waals surface area contributed by atoms with Crippen molar-refractivity contribution in [3.05, 3.63) is 71.3 Å². The number of aliphatic hydroxyl groups is 1. The zero-order valence-electron chi connectivity index (χ0n) is 12.8. The fourth-order valence-electron chi connectivity index (χ4n) is 2.59. The lowest BCUT2D eigenvalue weighted by Crippen LogP contribution is -2.14. The first kappa shape index (κ1) is 15.7. The van der Waals surface area contributed by atoms with Crippen LogP contribution in [0.25, 0.3) is 0 Å². The van der Waals surface area contributed by atoms with Crippen molar-refractivity contribution < 1.29 is 9.84 Å². The predicted molar refractivity (Wildman–Crippen MR) is 86.2 cm³/mol. The minimum absolute atomic E-state index is 0.326. The molecule has 0 saturated heterocycles. The zero-order valence-corrected chi connectivity index (χ0v) is 12.8. The quantitative estimate of drug-likeness (QED) is 0.814. The molecule has 2 aromatic rings. The highest BCUT2D eigenvalue weighted by molar-refractivity contribution is 5.29. The van der Waals surface area contributed by atoms with Crippen molar-refractivity contribution in [1.82, 2.24) is 0 Å². The second-order valence-corrected chi connectivity index (χ2v) is 5.23. The molecule has 0 amide bonds. The number of hydrogen-bond acceptors (Lipinski definition) is 2. The Bertz CT molecular complexity index is 536. The van der Waals surface area contributed by atoms with Crippen LogP contribution in [0, 0.1) is 0 Å². The molecule has 0 fully saturated rings. The van der Waals surface area contributed by atoms with E-state index in [4.69, 9.17) is 4.74 Å². The minimum Gasteiger partial charge on any atom is -0.385 e. The number of ether oxygens (including phenoxy) is 1. The maximum Gasteiger partial charge on any atom is 0.112 e. The van der Waals surface area contributed by atoms with Crippen LogP contribution in [0.15, 0.2) is 54.6 Å². The molecule has 0 aliphatic carbocycles. The van der Waals surface area contributed by atoms with Crippen molar-refractivity contribution in [2.75, 3.05) is 6.61 Å². The smallest absolute Gasteiger partial charge is 0.112 e. The number of aryl methyl sites for hydroxylation is 1. The van der Waals surface area contributed by atoms with E-state index in [1.807, 2.05) is 49.4 Å². The van der Waals surface area contributed by atoms with Crippen molar-refractivity contribution in [3.8, 4) is 0 Å². The summed E-state index contributed by atoms with van der Waals surface area (Å²) in [5.41, 5.74) is 3.19. The predicted octanol–water partition coefficient (Wildman–Crippen LogP) is 4.45. The summed E-state index contributed by atoms with van der Waals surface area (Å²) in [7, 11) is 0. The largest absolute Gasteiger partial charge is 0.385 e. The van der Waals surface area contributed by atoms with E-state index in [9.17, 15) is 5.11 Å². The molecule has 0 heterocycles. The highest BCUT2D eigenvalue weighted by Gasteiger charge is 2.23. The molecule has 0 aliphatic heterocycles. The fourth-order valence-corrected chi connectivity index (χ4v) is 2.59. The summed E-state index contributed by atoms with van der Waals surface area (Å²) in [6.45, 7) is 4.69. The molecular formula is C19H24O2. The van der Waals surface area contributed by atoms with Crippen LogP contribution in [0.1, 0.15) is 49.2 Å². The number of rotatable bonds is 7. The molecule has 2 unspecified atom stereocenters. The van der Waals surface area contributed by atoms with Crippen LogP contribution in [0.5, 0.6) is 0 Å². The van der Waals surface area contributed by atoms with E-state index >= 15 is 0 Å². The number of benzene rings is 2. The lowest BCUT2D eigenvalue weighted by molar-refractivity contribution is -0.0361. The van der Waals surface area contributed by atoms with Gasteiger partial charge in [-0.25, -0.2) is 0 Å². The molecule has 0 aromatic heterocycles. The lowest BCUT2D eigenvalue weighted by Gasteiger charge is -2.24. The standard InChI is InChI=1S/C19H24O2/c1-3-9-15-10-8-13-17(14-15)18(20)19(21-4-2)16-11-6-5-7-12-16/h5-8,10-14,18-20H,3-4,9H2,1-2H3. The highest BCUT2D eigenvalue weighted by atomic mass is 16.5. The maximum atomic E-state index is 10.7. The minimum atomic E-state index is -0.649. The molecular weight excluding hydrogens is 260 g/mol. The molecule has 112 valence electrons. The zero-order chi connectivity index (χ0) is 15.1. The third-order valence-electron chi connectivity index (χ3n) is 3.59. The average Bonchev–Trinajstić information content (AvgIpc) is 2.53. The normalized spacial score (nSPS) is 13.9. The van der Waals surface area contributed by atoms with Gasteiger partial charge < -0.3 is 9.84 Å². The maximum absolute atomic E-state index is 10.7. The SMILES string of the molecule is CCCc1cccc(C(O)C(OCC)c2ccccc2)c1. The third kappa shape index (κ3) is 4.16. The Morgan fingerprint density at radius 2 is 1.67 bits per heavy atom. The van der Waals surface area contributed by atoms with Gasteiger partial charge in [0.1, 0.15) is 12.2 Å². The Morgan fingerprint density at radius 1 is 0.952 bits per heavy atom. The summed E-state index contributed by atoms with van der Waals surface area (Å²) in [4.78, 5) is 0. The molecule has 0 spiro atoms. The Hall–Kier alpha value is -1.64. The van der Waals surface area contributed by atoms with Crippen LogP contribution in [0.4, 0.5) is 0 Å². The topological polar surface area (TPSA) is 29.5 Å². The third-order valence-corrected chi connectivity index (χ3v) is 3.59. The van der Waals surface area contributed by atoms with Crippen LogP contribution in [-0.4, -0.2) is 11.7 Å². The number of aliphatic hydroxyl groups excluding tert-OH is 1. The monoisotopic (exact) mass is 284 g/mol. The first-order valence-corrected chi connectivity index (χ1v) is 7.69. The van der Waals surface area contributed by atoms with Gasteiger partial charge in [0.05, 0.1) is 0 Å². The Morgan fingerprint density at radius 3 is 2.33 bits per heavy atom. The van der Waals surface area contributed by atoms with E-state index in [1.54, 1.807) is 0 Å². The highest BCUT2D eigenvalue weighted by Crippen LogP contribution is 2.32. The molecule has 1 N–H and O–H groups in total. The second kappa shape index (κ2) is 7.96. The van der Waals surface area contributed by atoms with E-state index in [-0.39, 0.29) is 6.10 Å². The van der Waals surface area contributed by atoms with Gasteiger partial charge in [-0.3, -0.25) is 0 Å². The molecule has 21 heavy (non-hydrogen) atoms. The first-order chi connectivity index (χ1) is 10.3. The van der Waals surface area contributed by atoms with Gasteiger partial charge in [0.2, 0.25) is 0 Å². The van der Waals surface area contributed by atoms with Crippen molar-refractivity contribution >= 4 is 0 Å². The van der Waals surface area contributed by atoms with Gasteiger partial charge in [0.25, 0.3) is 0 Å². The van der Waals surface area contributed by atoms with Crippen LogP contribution >= 0.6 is 0 Å². The molecule has 0 bridgehead atoms. The summed E-state index contributed by atoms with van der Waals surface area (Å²) in [5.74, 6) is 0. The molecule has 2 atom stereocenters. The van der Waals surface area contributed by atoms with Gasteiger partial charge in [-0.1, -0.05) is 67.9 Å². The van der Waals surface area contributed by atoms with E-state index in [2.05, 4.69) is 19.1 Å². The molecule has 2 nitrogen and oxygen atoms in total. The van der Waals surface area contributed by atoms with Crippen molar-refractivity contribution in [3.63, 3.8) is 0 Å². The summed E-state index contributed by atoms with van der Waals surface area (Å²) in [5, 5.41) is 10.7. The lowest BCUT2D eigenvalue weighted by atomic mass is 9.96. The van der Waals surface area contributed by atoms with Gasteiger partial charge in [-0.05, 0) is 30.0 Å². The molecule has 0 saturated carbocycles. The van der Waals surface area contributed by atoms with Crippen LogP contribution in [0.2, 0.25) is 0 Å². The Labute approximate surface area is 127 Å². The number of hydrogen-bond donors (Lipinski definition) is 1. The molecule has 0 radical (unpaired) electrons. The van der Waals surface area contributed by atoms with Gasteiger partial charge in [-0.2, -0.15) is 0 Å². The summed E-state index contributed by atoms with van der Waals surface area (Å²) < 4.78 is 5.79. The van der Waals surface area contributed by atoms with E-state index in [0.29, 0.717) is 6.61 Å². The van der Waals surface area contributed by atoms with E-state index in [1.165, 1.54) is 5.56 Å². The van der Waals surface area contributed by atoms with E-state index in [0.717, 1.165) is 24.0 Å².